The lowest BCUT2D eigenvalue weighted by Crippen LogP contribution is -2.52. The van der Waals surface area contributed by atoms with E-state index < -0.39 is 0 Å². The summed E-state index contributed by atoms with van der Waals surface area (Å²) in [7, 11) is 1.89. The van der Waals surface area contributed by atoms with Gasteiger partial charge in [-0.3, -0.25) is 4.79 Å². The van der Waals surface area contributed by atoms with Gasteiger partial charge in [0.05, 0.1) is 0 Å². The highest BCUT2D eigenvalue weighted by molar-refractivity contribution is 9.10. The third-order valence-electron chi connectivity index (χ3n) is 3.61. The molecule has 0 aliphatic carbocycles. The molecule has 1 fully saturated rings. The summed E-state index contributed by atoms with van der Waals surface area (Å²) >= 11 is 3.40. The number of nitrogens with zero attached hydrogens (tertiary/aromatic N) is 2. The monoisotopic (exact) mass is 349 g/mol. The van der Waals surface area contributed by atoms with Crippen molar-refractivity contribution < 1.29 is 4.79 Å². The molecule has 0 radical (unpaired) electrons. The van der Waals surface area contributed by atoms with E-state index in [-0.39, 0.29) is 30.4 Å². The Morgan fingerprint density at radius 2 is 2.21 bits per heavy atom. The molecule has 1 aliphatic heterocycles. The van der Waals surface area contributed by atoms with Gasteiger partial charge < -0.3 is 15.2 Å². The number of amides is 1. The van der Waals surface area contributed by atoms with Gasteiger partial charge >= 0.3 is 0 Å². The summed E-state index contributed by atoms with van der Waals surface area (Å²) in [5.74, 6) is 0.0881. The number of rotatable bonds is 2. The SMILES string of the molecule is CC(N)C1CCCCN1C(=O)c1cc(Br)cn1C.Cl. The fraction of sp³-hybridized carbons (Fsp3) is 0.615. The lowest BCUT2D eigenvalue weighted by Gasteiger charge is -2.38. The largest absolute Gasteiger partial charge is 0.345 e. The summed E-state index contributed by atoms with van der Waals surface area (Å²) in [4.78, 5) is 14.5. The summed E-state index contributed by atoms with van der Waals surface area (Å²) in [6.07, 6.45) is 5.14. The van der Waals surface area contributed by atoms with Gasteiger partial charge in [0.25, 0.3) is 5.91 Å². The van der Waals surface area contributed by atoms with E-state index >= 15 is 0 Å². The Hall–Kier alpha value is -0.520. The molecule has 6 heteroatoms. The first-order valence-corrected chi connectivity index (χ1v) is 7.18. The molecular weight excluding hydrogens is 330 g/mol. The van der Waals surface area contributed by atoms with Crippen LogP contribution in [0.5, 0.6) is 0 Å². The van der Waals surface area contributed by atoms with Gasteiger partial charge in [0, 0.05) is 36.3 Å². The van der Waals surface area contributed by atoms with E-state index in [0.717, 1.165) is 36.0 Å². The number of nitrogens with two attached hydrogens (primary N) is 1. The first kappa shape index (κ1) is 16.5. The highest BCUT2D eigenvalue weighted by Gasteiger charge is 2.30. The van der Waals surface area contributed by atoms with E-state index in [1.165, 1.54) is 0 Å². The Labute approximate surface area is 128 Å². The van der Waals surface area contributed by atoms with Crippen LogP contribution in [0.2, 0.25) is 0 Å². The predicted octanol–water partition coefficient (Wildman–Crippen LogP) is 2.55. The number of halogens is 2. The van der Waals surface area contributed by atoms with Crippen LogP contribution in [0.4, 0.5) is 0 Å². The molecule has 0 aromatic carbocycles. The Balaban J connectivity index is 0.00000180. The van der Waals surface area contributed by atoms with Crippen molar-refractivity contribution in [1.82, 2.24) is 9.47 Å². The Morgan fingerprint density at radius 1 is 1.53 bits per heavy atom. The zero-order chi connectivity index (χ0) is 13.3. The van der Waals surface area contributed by atoms with Gasteiger partial charge in [-0.1, -0.05) is 0 Å². The average Bonchev–Trinajstić information content (AvgIpc) is 2.67. The molecule has 1 saturated heterocycles. The third kappa shape index (κ3) is 3.52. The predicted molar refractivity (Wildman–Crippen MR) is 82.7 cm³/mol. The van der Waals surface area contributed by atoms with Crippen molar-refractivity contribution in [2.75, 3.05) is 6.54 Å². The van der Waals surface area contributed by atoms with Crippen LogP contribution in [0.25, 0.3) is 0 Å². The van der Waals surface area contributed by atoms with E-state index in [1.54, 1.807) is 0 Å². The molecule has 4 nitrogen and oxygen atoms in total. The molecule has 1 aliphatic rings. The van der Waals surface area contributed by atoms with E-state index in [9.17, 15) is 4.79 Å². The van der Waals surface area contributed by atoms with Gasteiger partial charge in [-0.2, -0.15) is 0 Å². The zero-order valence-electron chi connectivity index (χ0n) is 11.3. The maximum atomic E-state index is 12.6. The Kier molecular flexibility index (Phi) is 5.89. The minimum Gasteiger partial charge on any atom is -0.345 e. The van der Waals surface area contributed by atoms with Crippen molar-refractivity contribution in [2.45, 2.75) is 38.3 Å². The third-order valence-corrected chi connectivity index (χ3v) is 4.04. The molecule has 2 atom stereocenters. The lowest BCUT2D eigenvalue weighted by atomic mass is 9.96. The van der Waals surface area contributed by atoms with Crippen molar-refractivity contribution in [3.8, 4) is 0 Å². The van der Waals surface area contributed by atoms with Gasteiger partial charge in [0.1, 0.15) is 5.69 Å². The number of piperidine rings is 1. The van der Waals surface area contributed by atoms with E-state index in [4.69, 9.17) is 5.73 Å². The maximum Gasteiger partial charge on any atom is 0.270 e. The summed E-state index contributed by atoms with van der Waals surface area (Å²) in [5, 5.41) is 0. The van der Waals surface area contributed by atoms with Crippen molar-refractivity contribution >= 4 is 34.2 Å². The second-order valence-corrected chi connectivity index (χ2v) is 5.99. The van der Waals surface area contributed by atoms with Crippen LogP contribution in [0.3, 0.4) is 0 Å². The molecule has 2 unspecified atom stereocenters. The van der Waals surface area contributed by atoms with Crippen LogP contribution < -0.4 is 5.73 Å². The van der Waals surface area contributed by atoms with E-state index in [0.29, 0.717) is 0 Å². The second kappa shape index (κ2) is 6.77. The Bertz CT molecular complexity index is 447. The molecule has 0 bridgehead atoms. The van der Waals surface area contributed by atoms with Crippen LogP contribution in [0.15, 0.2) is 16.7 Å². The number of hydrogen-bond donors (Lipinski definition) is 1. The first-order valence-electron chi connectivity index (χ1n) is 6.39. The quantitative estimate of drug-likeness (QED) is 0.891. The van der Waals surface area contributed by atoms with Gasteiger partial charge in [0.15, 0.2) is 0 Å². The fourth-order valence-electron chi connectivity index (χ4n) is 2.64. The number of carbonyl (C=O) groups is 1. The molecule has 0 saturated carbocycles. The summed E-state index contributed by atoms with van der Waals surface area (Å²) in [6.45, 7) is 2.80. The maximum absolute atomic E-state index is 12.6. The van der Waals surface area contributed by atoms with Crippen molar-refractivity contribution in [1.29, 1.82) is 0 Å². The topological polar surface area (TPSA) is 51.3 Å². The van der Waals surface area contributed by atoms with Crippen LogP contribution >= 0.6 is 28.3 Å². The van der Waals surface area contributed by atoms with E-state index in [2.05, 4.69) is 15.9 Å². The van der Waals surface area contributed by atoms with Gasteiger partial charge in [-0.25, -0.2) is 0 Å². The summed E-state index contributed by atoms with van der Waals surface area (Å²) < 4.78 is 2.79. The number of likely N-dealkylation sites (tertiary alicyclic amines) is 1. The van der Waals surface area contributed by atoms with Crippen LogP contribution in [0, 0.1) is 0 Å². The van der Waals surface area contributed by atoms with Gasteiger partial charge in [-0.05, 0) is 48.2 Å². The van der Waals surface area contributed by atoms with Gasteiger partial charge in [0.2, 0.25) is 0 Å². The number of aryl methyl sites for hydroxylation is 1. The van der Waals surface area contributed by atoms with Crippen molar-refractivity contribution in [2.24, 2.45) is 12.8 Å². The average molecular weight is 351 g/mol. The molecular formula is C13H21BrClN3O. The molecule has 108 valence electrons. The van der Waals surface area contributed by atoms with E-state index in [1.807, 2.05) is 35.7 Å². The number of carbonyl (C=O) groups excluding carboxylic acids is 1. The molecule has 1 amide bonds. The summed E-state index contributed by atoms with van der Waals surface area (Å²) in [5.41, 5.74) is 6.72. The number of hydrogen-bond acceptors (Lipinski definition) is 2. The Morgan fingerprint density at radius 3 is 2.74 bits per heavy atom. The highest BCUT2D eigenvalue weighted by atomic mass is 79.9. The van der Waals surface area contributed by atoms with Crippen molar-refractivity contribution in [3.05, 3.63) is 22.4 Å². The minimum atomic E-state index is 0. The zero-order valence-corrected chi connectivity index (χ0v) is 13.7. The summed E-state index contributed by atoms with van der Waals surface area (Å²) in [6, 6.07) is 2.06. The highest BCUT2D eigenvalue weighted by Crippen LogP contribution is 2.23. The first-order chi connectivity index (χ1) is 8.50. The van der Waals surface area contributed by atoms with Gasteiger partial charge in [-0.15, -0.1) is 12.4 Å². The molecule has 2 rings (SSSR count). The smallest absolute Gasteiger partial charge is 0.270 e. The molecule has 1 aromatic rings. The molecule has 0 spiro atoms. The minimum absolute atomic E-state index is 0. The standard InChI is InChI=1S/C13H20BrN3O.ClH/c1-9(15)11-5-3-4-6-17(11)13(18)12-7-10(14)8-16(12)2;/h7-9,11H,3-6,15H2,1-2H3;1H. The van der Waals surface area contributed by atoms with Crippen LogP contribution in [0.1, 0.15) is 36.7 Å². The normalized spacial score (nSPS) is 20.8. The molecule has 1 aromatic heterocycles. The molecule has 19 heavy (non-hydrogen) atoms. The molecule has 2 N–H and O–H groups in total. The number of aromatic nitrogens is 1. The van der Waals surface area contributed by atoms with Crippen LogP contribution in [-0.2, 0) is 7.05 Å². The molecule has 2 heterocycles. The van der Waals surface area contributed by atoms with Crippen molar-refractivity contribution in [3.63, 3.8) is 0 Å². The fourth-order valence-corrected chi connectivity index (χ4v) is 3.16. The lowest BCUT2D eigenvalue weighted by molar-refractivity contribution is 0.0574. The second-order valence-electron chi connectivity index (χ2n) is 5.08. The van der Waals surface area contributed by atoms with Crippen LogP contribution in [-0.4, -0.2) is 34.0 Å².